The average molecular weight is 216 g/mol. The van der Waals surface area contributed by atoms with Crippen LogP contribution < -0.4 is 5.73 Å². The number of aryl methyl sites for hydroxylation is 1. The molecule has 1 spiro atoms. The van der Waals surface area contributed by atoms with Crippen molar-refractivity contribution in [1.29, 1.82) is 0 Å². The number of aliphatic imine (C=N–C) groups is 1. The Labute approximate surface area is 93.1 Å². The molecule has 1 aromatic carbocycles. The summed E-state index contributed by atoms with van der Waals surface area (Å²) in [6, 6.07) is 7.84. The first-order chi connectivity index (χ1) is 7.72. The van der Waals surface area contributed by atoms with Gasteiger partial charge in [-0.25, -0.2) is 0 Å². The first-order valence-electron chi connectivity index (χ1n) is 5.38. The number of amidine groups is 1. The number of ether oxygens (including phenoxy) is 1. The number of nitrogens with two attached hydrogens (primary N) is 1. The molecule has 0 saturated heterocycles. The van der Waals surface area contributed by atoms with Crippen LogP contribution >= 0.6 is 0 Å². The highest BCUT2D eigenvalue weighted by atomic mass is 16.5. The fraction of sp³-hybridized carbons (Fsp3) is 0.333. The van der Waals surface area contributed by atoms with Gasteiger partial charge in [0.2, 0.25) is 5.60 Å². The number of hydrogen-bond acceptors (Lipinski definition) is 3. The van der Waals surface area contributed by atoms with Gasteiger partial charge in [-0.1, -0.05) is 24.3 Å². The molecule has 82 valence electrons. The molecule has 0 radical (unpaired) electrons. The molecular formula is C12H12N2O2. The minimum Gasteiger partial charge on any atom is -0.443 e. The Balaban J connectivity index is 2.15. The number of amides is 1. The Hall–Kier alpha value is -1.84. The van der Waals surface area contributed by atoms with E-state index in [4.69, 9.17) is 10.5 Å². The second-order valence-corrected chi connectivity index (χ2v) is 4.19. The van der Waals surface area contributed by atoms with Crippen molar-refractivity contribution in [1.82, 2.24) is 0 Å². The molecule has 0 saturated carbocycles. The van der Waals surface area contributed by atoms with Crippen LogP contribution in [-0.2, 0) is 21.6 Å². The molecule has 1 heterocycles. The molecule has 2 N–H and O–H groups in total. The van der Waals surface area contributed by atoms with Gasteiger partial charge in [-0.2, -0.15) is 4.99 Å². The summed E-state index contributed by atoms with van der Waals surface area (Å²) < 4.78 is 5.51. The maximum Gasteiger partial charge on any atom is 0.299 e. The molecule has 1 aromatic rings. The molecule has 0 unspecified atom stereocenters. The molecule has 1 aliphatic heterocycles. The molecular weight excluding hydrogens is 204 g/mol. The number of rotatable bonds is 0. The molecule has 4 heteroatoms. The highest BCUT2D eigenvalue weighted by molar-refractivity contribution is 6.01. The molecule has 2 aliphatic rings. The normalized spacial score (nSPS) is 27.5. The Bertz CT molecular complexity index is 496. The van der Waals surface area contributed by atoms with E-state index in [9.17, 15) is 4.79 Å². The third-order valence-electron chi connectivity index (χ3n) is 3.26. The number of benzene rings is 1. The highest BCUT2D eigenvalue weighted by Gasteiger charge is 2.49. The van der Waals surface area contributed by atoms with Crippen molar-refractivity contribution in [2.45, 2.75) is 24.9 Å². The van der Waals surface area contributed by atoms with E-state index >= 15 is 0 Å². The van der Waals surface area contributed by atoms with E-state index in [1.165, 1.54) is 0 Å². The standard InChI is InChI=1S/C12H12N2O2/c13-11-14-10(15)12(16-11)7-3-5-8-4-1-2-6-9(8)12/h1-2,4,6H,3,5,7H2,(H2,13,14,15)/t12-/m0/s1. The van der Waals surface area contributed by atoms with E-state index in [1.807, 2.05) is 24.3 Å². The Morgan fingerprint density at radius 1 is 1.38 bits per heavy atom. The van der Waals surface area contributed by atoms with Crippen LogP contribution in [0.3, 0.4) is 0 Å². The lowest BCUT2D eigenvalue weighted by atomic mass is 9.79. The van der Waals surface area contributed by atoms with Gasteiger partial charge in [-0.05, 0) is 18.4 Å². The highest BCUT2D eigenvalue weighted by Crippen LogP contribution is 2.41. The van der Waals surface area contributed by atoms with E-state index in [1.54, 1.807) is 0 Å². The Morgan fingerprint density at radius 3 is 2.94 bits per heavy atom. The van der Waals surface area contributed by atoms with Crippen LogP contribution in [0.2, 0.25) is 0 Å². The largest absolute Gasteiger partial charge is 0.443 e. The minimum absolute atomic E-state index is 0.0123. The van der Waals surface area contributed by atoms with Gasteiger partial charge in [0, 0.05) is 12.0 Å². The van der Waals surface area contributed by atoms with Gasteiger partial charge < -0.3 is 10.5 Å². The summed E-state index contributed by atoms with van der Waals surface area (Å²) >= 11 is 0. The van der Waals surface area contributed by atoms with E-state index in [-0.39, 0.29) is 11.9 Å². The number of carbonyl (C=O) groups excluding carboxylic acids is 1. The van der Waals surface area contributed by atoms with Crippen LogP contribution in [0.4, 0.5) is 0 Å². The first kappa shape index (κ1) is 9.39. The fourth-order valence-electron chi connectivity index (χ4n) is 2.56. The third-order valence-corrected chi connectivity index (χ3v) is 3.26. The SMILES string of the molecule is NC1=NC(=O)[C@@]2(CCCc3ccccc32)O1. The zero-order valence-corrected chi connectivity index (χ0v) is 8.77. The van der Waals surface area contributed by atoms with Gasteiger partial charge in [0.15, 0.2) is 0 Å². The maximum atomic E-state index is 11.9. The summed E-state index contributed by atoms with van der Waals surface area (Å²) in [6.45, 7) is 0. The number of nitrogens with zero attached hydrogens (tertiary/aromatic N) is 1. The van der Waals surface area contributed by atoms with Gasteiger partial charge in [-0.15, -0.1) is 0 Å². The van der Waals surface area contributed by atoms with Crippen molar-refractivity contribution in [2.75, 3.05) is 0 Å². The van der Waals surface area contributed by atoms with E-state index in [0.29, 0.717) is 6.42 Å². The van der Waals surface area contributed by atoms with Crippen LogP contribution in [0.1, 0.15) is 24.0 Å². The summed E-state index contributed by atoms with van der Waals surface area (Å²) in [5.74, 6) is -0.267. The van der Waals surface area contributed by atoms with Crippen molar-refractivity contribution in [3.8, 4) is 0 Å². The van der Waals surface area contributed by atoms with Gasteiger partial charge in [-0.3, -0.25) is 4.79 Å². The lowest BCUT2D eigenvalue weighted by Crippen LogP contribution is -2.38. The monoisotopic (exact) mass is 216 g/mol. The van der Waals surface area contributed by atoms with Crippen LogP contribution in [0.15, 0.2) is 29.3 Å². The predicted octanol–water partition coefficient (Wildman–Crippen LogP) is 1.09. The topological polar surface area (TPSA) is 64.7 Å². The zero-order valence-electron chi connectivity index (χ0n) is 8.77. The van der Waals surface area contributed by atoms with Crippen LogP contribution in [0, 0.1) is 0 Å². The maximum absolute atomic E-state index is 11.9. The number of fused-ring (bicyclic) bond motifs is 2. The van der Waals surface area contributed by atoms with Gasteiger partial charge >= 0.3 is 0 Å². The smallest absolute Gasteiger partial charge is 0.299 e. The predicted molar refractivity (Wildman–Crippen MR) is 58.8 cm³/mol. The van der Waals surface area contributed by atoms with Gasteiger partial charge in [0.1, 0.15) is 0 Å². The van der Waals surface area contributed by atoms with Crippen molar-refractivity contribution >= 4 is 11.9 Å². The minimum atomic E-state index is -0.932. The molecule has 3 rings (SSSR count). The molecule has 1 amide bonds. The second kappa shape index (κ2) is 3.07. The summed E-state index contributed by atoms with van der Waals surface area (Å²) in [5.41, 5.74) is 6.65. The van der Waals surface area contributed by atoms with E-state index in [0.717, 1.165) is 24.0 Å². The first-order valence-corrected chi connectivity index (χ1v) is 5.38. The Morgan fingerprint density at radius 2 is 2.19 bits per heavy atom. The number of hydrogen-bond donors (Lipinski definition) is 1. The summed E-state index contributed by atoms with van der Waals surface area (Å²) in [7, 11) is 0. The second-order valence-electron chi connectivity index (χ2n) is 4.19. The van der Waals surface area contributed by atoms with Crippen molar-refractivity contribution in [2.24, 2.45) is 10.7 Å². The lowest BCUT2D eigenvalue weighted by Gasteiger charge is -2.32. The van der Waals surface area contributed by atoms with Crippen molar-refractivity contribution in [3.05, 3.63) is 35.4 Å². The summed E-state index contributed by atoms with van der Waals surface area (Å²) in [4.78, 5) is 15.6. The van der Waals surface area contributed by atoms with Crippen LogP contribution in [0.5, 0.6) is 0 Å². The van der Waals surface area contributed by atoms with Crippen molar-refractivity contribution in [3.63, 3.8) is 0 Å². The summed E-state index contributed by atoms with van der Waals surface area (Å²) in [5, 5.41) is 0. The lowest BCUT2D eigenvalue weighted by molar-refractivity contribution is -0.132. The Kier molecular flexibility index (Phi) is 1.80. The van der Waals surface area contributed by atoms with E-state index < -0.39 is 5.60 Å². The summed E-state index contributed by atoms with van der Waals surface area (Å²) in [6.07, 6.45) is 2.56. The molecule has 0 bridgehead atoms. The third kappa shape index (κ3) is 1.10. The molecule has 4 nitrogen and oxygen atoms in total. The molecule has 1 atom stereocenters. The number of carbonyl (C=O) groups is 1. The molecule has 1 aliphatic carbocycles. The molecule has 0 fully saturated rings. The van der Waals surface area contributed by atoms with Gasteiger partial charge in [0.05, 0.1) is 0 Å². The quantitative estimate of drug-likeness (QED) is 0.706. The molecule has 0 aromatic heterocycles. The van der Waals surface area contributed by atoms with Crippen LogP contribution in [0.25, 0.3) is 0 Å². The fourth-order valence-corrected chi connectivity index (χ4v) is 2.56. The zero-order chi connectivity index (χ0) is 11.2. The van der Waals surface area contributed by atoms with E-state index in [2.05, 4.69) is 4.99 Å². The molecule has 16 heavy (non-hydrogen) atoms. The van der Waals surface area contributed by atoms with Crippen molar-refractivity contribution < 1.29 is 9.53 Å². The van der Waals surface area contributed by atoms with Crippen LogP contribution in [-0.4, -0.2) is 11.9 Å². The average Bonchev–Trinajstić information content (AvgIpc) is 2.55. The van der Waals surface area contributed by atoms with Gasteiger partial charge in [0.25, 0.3) is 11.9 Å².